The molecular weight excluding hydrogens is 439 g/mol. The summed E-state index contributed by atoms with van der Waals surface area (Å²) in [6.45, 7) is 2.34. The molecule has 9 heteroatoms. The maximum absolute atomic E-state index is 13.9. The smallest absolute Gasteiger partial charge is 0.265 e. The van der Waals surface area contributed by atoms with E-state index in [2.05, 4.69) is 0 Å². The van der Waals surface area contributed by atoms with E-state index in [1.54, 1.807) is 30.1 Å². The van der Waals surface area contributed by atoms with Gasteiger partial charge in [-0.1, -0.05) is 11.6 Å². The van der Waals surface area contributed by atoms with Gasteiger partial charge in [0.05, 0.1) is 5.69 Å². The molecule has 7 nitrogen and oxygen atoms in total. The van der Waals surface area contributed by atoms with Crippen LogP contribution in [0.15, 0.2) is 36.4 Å². The number of anilines is 1. The van der Waals surface area contributed by atoms with Crippen LogP contribution in [0.25, 0.3) is 0 Å². The number of hydrogen-bond acceptors (Lipinski definition) is 5. The predicted octanol–water partition coefficient (Wildman–Crippen LogP) is 3.72. The van der Waals surface area contributed by atoms with E-state index >= 15 is 0 Å². The molecule has 170 valence electrons. The Balaban J connectivity index is 1.69. The number of carbonyl (C=O) groups is 3. The van der Waals surface area contributed by atoms with E-state index in [0.29, 0.717) is 42.9 Å². The summed E-state index contributed by atoms with van der Waals surface area (Å²) in [5.41, 5.74) is 0.754. The van der Waals surface area contributed by atoms with Crippen LogP contribution in [0, 0.1) is 5.82 Å². The molecule has 0 saturated heterocycles. The van der Waals surface area contributed by atoms with Crippen molar-refractivity contribution in [2.24, 2.45) is 0 Å². The molecule has 0 fully saturated rings. The number of nitrogens with zero attached hydrogens (tertiary/aromatic N) is 2. The minimum Gasteiger partial charge on any atom is -0.482 e. The van der Waals surface area contributed by atoms with E-state index in [9.17, 15) is 18.8 Å². The van der Waals surface area contributed by atoms with Crippen molar-refractivity contribution in [3.63, 3.8) is 0 Å². The largest absolute Gasteiger partial charge is 0.482 e. The van der Waals surface area contributed by atoms with Crippen molar-refractivity contribution in [2.45, 2.75) is 19.8 Å². The van der Waals surface area contributed by atoms with Gasteiger partial charge in [-0.15, -0.1) is 0 Å². The van der Waals surface area contributed by atoms with E-state index in [1.165, 1.54) is 17.0 Å². The molecule has 1 heterocycles. The second-order valence-corrected chi connectivity index (χ2v) is 7.75. The molecule has 0 aliphatic carbocycles. The summed E-state index contributed by atoms with van der Waals surface area (Å²) >= 11 is 5.72. The minimum absolute atomic E-state index is 0.00365. The SMILES string of the molecule is CCN(C)C(=O)CCCN1C(=O)COc2ccc(C(=O)COc3ccc(Cl)cc3F)cc21. The van der Waals surface area contributed by atoms with Crippen molar-refractivity contribution < 1.29 is 28.2 Å². The Hall–Kier alpha value is -3.13. The summed E-state index contributed by atoms with van der Waals surface area (Å²) in [7, 11) is 1.73. The first-order valence-electron chi connectivity index (χ1n) is 10.2. The van der Waals surface area contributed by atoms with Gasteiger partial charge in [0.25, 0.3) is 5.91 Å². The van der Waals surface area contributed by atoms with E-state index in [0.717, 1.165) is 6.07 Å². The topological polar surface area (TPSA) is 76.2 Å². The maximum Gasteiger partial charge on any atom is 0.265 e. The van der Waals surface area contributed by atoms with E-state index in [4.69, 9.17) is 21.1 Å². The normalized spacial score (nSPS) is 12.8. The zero-order valence-electron chi connectivity index (χ0n) is 17.9. The lowest BCUT2D eigenvalue weighted by atomic mass is 10.1. The number of carbonyl (C=O) groups excluding carboxylic acids is 3. The van der Waals surface area contributed by atoms with Crippen LogP contribution in [-0.4, -0.2) is 55.8 Å². The highest BCUT2D eigenvalue weighted by molar-refractivity contribution is 6.30. The van der Waals surface area contributed by atoms with Crippen LogP contribution in [0.4, 0.5) is 10.1 Å². The number of fused-ring (bicyclic) bond motifs is 1. The van der Waals surface area contributed by atoms with E-state index < -0.39 is 5.82 Å². The average molecular weight is 463 g/mol. The monoisotopic (exact) mass is 462 g/mol. The number of rotatable bonds is 9. The standard InChI is InChI=1S/C23H24ClFN2O5/c1-3-26(2)22(29)5-4-10-27-18-11-15(6-8-21(18)32-14-23(27)30)19(28)13-31-20-9-7-16(24)12-17(20)25/h6-9,11-12H,3-5,10,13-14H2,1-2H3. The third-order valence-electron chi connectivity index (χ3n) is 5.15. The quantitative estimate of drug-likeness (QED) is 0.531. The molecule has 0 unspecified atom stereocenters. The van der Waals surface area contributed by atoms with Gasteiger partial charge in [-0.3, -0.25) is 14.4 Å². The summed E-state index contributed by atoms with van der Waals surface area (Å²) in [5.74, 6) is -0.906. The lowest BCUT2D eigenvalue weighted by Crippen LogP contribution is -2.40. The molecule has 0 bridgehead atoms. The van der Waals surface area contributed by atoms with Crippen LogP contribution in [0.2, 0.25) is 5.02 Å². The van der Waals surface area contributed by atoms with Crippen LogP contribution < -0.4 is 14.4 Å². The summed E-state index contributed by atoms with van der Waals surface area (Å²) in [6.07, 6.45) is 0.787. The van der Waals surface area contributed by atoms with Gasteiger partial charge in [0.1, 0.15) is 5.75 Å². The first-order chi connectivity index (χ1) is 15.3. The fourth-order valence-electron chi connectivity index (χ4n) is 3.20. The number of hydrogen-bond donors (Lipinski definition) is 0. The molecule has 0 spiro atoms. The lowest BCUT2D eigenvalue weighted by molar-refractivity contribution is -0.130. The van der Waals surface area contributed by atoms with Gasteiger partial charge in [-0.25, -0.2) is 4.39 Å². The fraction of sp³-hybridized carbons (Fsp3) is 0.348. The lowest BCUT2D eigenvalue weighted by Gasteiger charge is -2.30. The number of Topliss-reactive ketones (excluding diaryl/α,β-unsaturated/α-hetero) is 1. The Kier molecular flexibility index (Phi) is 7.69. The third-order valence-corrected chi connectivity index (χ3v) is 5.38. The van der Waals surface area contributed by atoms with Gasteiger partial charge in [0.15, 0.2) is 30.6 Å². The molecule has 0 atom stereocenters. The molecule has 3 rings (SSSR count). The Labute approximate surface area is 190 Å². The van der Waals surface area contributed by atoms with Gasteiger partial charge < -0.3 is 19.3 Å². The van der Waals surface area contributed by atoms with Crippen LogP contribution in [0.3, 0.4) is 0 Å². The second-order valence-electron chi connectivity index (χ2n) is 7.31. The molecular formula is C23H24ClFN2O5. The number of ether oxygens (including phenoxy) is 2. The molecule has 0 radical (unpaired) electrons. The number of halogens is 2. The Morgan fingerprint density at radius 2 is 2.03 bits per heavy atom. The van der Waals surface area contributed by atoms with E-state index in [-0.39, 0.29) is 41.6 Å². The van der Waals surface area contributed by atoms with Gasteiger partial charge in [0.2, 0.25) is 5.91 Å². The molecule has 32 heavy (non-hydrogen) atoms. The number of benzene rings is 2. The van der Waals surface area contributed by atoms with Crippen molar-refractivity contribution in [3.8, 4) is 11.5 Å². The van der Waals surface area contributed by atoms with Gasteiger partial charge in [0, 0.05) is 37.1 Å². The van der Waals surface area contributed by atoms with Crippen LogP contribution in [0.1, 0.15) is 30.1 Å². The van der Waals surface area contributed by atoms with E-state index in [1.807, 2.05) is 6.92 Å². The molecule has 1 aliphatic heterocycles. The van der Waals surface area contributed by atoms with Crippen LogP contribution >= 0.6 is 11.6 Å². The number of amides is 2. The highest BCUT2D eigenvalue weighted by atomic mass is 35.5. The maximum atomic E-state index is 13.9. The highest BCUT2D eigenvalue weighted by Gasteiger charge is 2.26. The Morgan fingerprint density at radius 3 is 2.75 bits per heavy atom. The summed E-state index contributed by atoms with van der Waals surface area (Å²) in [4.78, 5) is 40.2. The zero-order valence-corrected chi connectivity index (χ0v) is 18.7. The van der Waals surface area contributed by atoms with Crippen LogP contribution in [-0.2, 0) is 9.59 Å². The summed E-state index contributed by atoms with van der Waals surface area (Å²) in [6, 6.07) is 8.65. The first-order valence-corrected chi connectivity index (χ1v) is 10.6. The van der Waals surface area contributed by atoms with Gasteiger partial charge >= 0.3 is 0 Å². The zero-order chi connectivity index (χ0) is 23.3. The van der Waals surface area contributed by atoms with Crippen LogP contribution in [0.5, 0.6) is 11.5 Å². The predicted molar refractivity (Wildman–Crippen MR) is 118 cm³/mol. The molecule has 2 amide bonds. The molecule has 2 aromatic carbocycles. The first kappa shape index (κ1) is 23.5. The minimum atomic E-state index is -0.663. The fourth-order valence-corrected chi connectivity index (χ4v) is 3.35. The summed E-state index contributed by atoms with van der Waals surface area (Å²) in [5, 5.41) is 0.226. The van der Waals surface area contributed by atoms with Crippen molar-refractivity contribution in [3.05, 3.63) is 52.8 Å². The third kappa shape index (κ3) is 5.56. The molecule has 0 aromatic heterocycles. The molecule has 0 saturated carbocycles. The summed E-state index contributed by atoms with van der Waals surface area (Å²) < 4.78 is 24.6. The average Bonchev–Trinajstić information content (AvgIpc) is 2.78. The van der Waals surface area contributed by atoms with Crippen molar-refractivity contribution in [2.75, 3.05) is 38.3 Å². The number of ketones is 1. The highest BCUT2D eigenvalue weighted by Crippen LogP contribution is 2.33. The van der Waals surface area contributed by atoms with Gasteiger partial charge in [-0.2, -0.15) is 0 Å². The van der Waals surface area contributed by atoms with Crippen molar-refractivity contribution in [1.82, 2.24) is 4.90 Å². The second kappa shape index (κ2) is 10.5. The Bertz CT molecular complexity index is 1030. The molecule has 0 N–H and O–H groups in total. The Morgan fingerprint density at radius 1 is 1.25 bits per heavy atom. The molecule has 1 aliphatic rings. The van der Waals surface area contributed by atoms with Crippen molar-refractivity contribution >= 4 is 34.9 Å². The van der Waals surface area contributed by atoms with Crippen molar-refractivity contribution in [1.29, 1.82) is 0 Å². The van der Waals surface area contributed by atoms with Gasteiger partial charge in [-0.05, 0) is 49.7 Å². The molecule has 2 aromatic rings.